The Labute approximate surface area is 197 Å². The van der Waals surface area contributed by atoms with Gasteiger partial charge in [0.05, 0.1) is 5.52 Å². The smallest absolute Gasteiger partial charge is 0.212 e. The lowest BCUT2D eigenvalue weighted by molar-refractivity contribution is 0.0943. The average molecular weight is 458 g/mol. The number of phenolic OH excluding ortho intramolecular Hbond substituents is 1. The molecule has 0 saturated heterocycles. The minimum Gasteiger partial charge on any atom is -0.508 e. The first kappa shape index (κ1) is 21.8. The summed E-state index contributed by atoms with van der Waals surface area (Å²) in [5.74, 6) is 5.81. The summed E-state index contributed by atoms with van der Waals surface area (Å²) >= 11 is 0. The van der Waals surface area contributed by atoms with Crippen molar-refractivity contribution in [3.05, 3.63) is 82.8 Å². The van der Waals surface area contributed by atoms with Gasteiger partial charge in [-0.3, -0.25) is 19.2 Å². The Balaban J connectivity index is 1.27. The first-order valence-corrected chi connectivity index (χ1v) is 11.3. The van der Waals surface area contributed by atoms with E-state index in [9.17, 15) is 14.7 Å². The SMILES string of the molecule is CN(CCN1CC=C(c2cn(N)c3ccc(O)cc23)CC1)C1=C(N)C(=O)c2ccccc2C1=O. The van der Waals surface area contributed by atoms with Crippen molar-refractivity contribution in [2.75, 3.05) is 39.1 Å². The van der Waals surface area contributed by atoms with E-state index < -0.39 is 0 Å². The van der Waals surface area contributed by atoms with Crippen LogP contribution in [0.3, 0.4) is 0 Å². The average Bonchev–Trinajstić information content (AvgIpc) is 3.17. The Hall–Kier alpha value is -4.04. The first-order chi connectivity index (χ1) is 16.3. The van der Waals surface area contributed by atoms with Crippen molar-refractivity contribution in [2.45, 2.75) is 6.42 Å². The molecule has 2 aliphatic rings. The molecule has 0 atom stereocenters. The van der Waals surface area contributed by atoms with Crippen LogP contribution >= 0.6 is 0 Å². The largest absolute Gasteiger partial charge is 0.508 e. The molecule has 2 heterocycles. The van der Waals surface area contributed by atoms with Crippen LogP contribution in [0.4, 0.5) is 0 Å². The number of aromatic nitrogens is 1. The van der Waals surface area contributed by atoms with E-state index in [2.05, 4.69) is 11.0 Å². The molecule has 8 nitrogen and oxygen atoms in total. The van der Waals surface area contributed by atoms with Crippen LogP contribution in [0.2, 0.25) is 0 Å². The molecule has 0 amide bonds. The van der Waals surface area contributed by atoms with E-state index in [0.29, 0.717) is 17.7 Å². The highest BCUT2D eigenvalue weighted by atomic mass is 16.3. The summed E-state index contributed by atoms with van der Waals surface area (Å²) in [6.45, 7) is 2.89. The molecule has 8 heteroatoms. The summed E-state index contributed by atoms with van der Waals surface area (Å²) in [5, 5.41) is 10.8. The molecule has 2 aromatic carbocycles. The number of phenols is 1. The Morgan fingerprint density at radius 2 is 1.79 bits per heavy atom. The molecule has 1 aromatic heterocycles. The van der Waals surface area contributed by atoms with E-state index in [4.69, 9.17) is 11.6 Å². The molecule has 5 rings (SSSR count). The molecule has 1 aliphatic heterocycles. The summed E-state index contributed by atoms with van der Waals surface area (Å²) in [4.78, 5) is 29.8. The van der Waals surface area contributed by atoms with Gasteiger partial charge in [-0.15, -0.1) is 0 Å². The molecule has 174 valence electrons. The lowest BCUT2D eigenvalue weighted by atomic mass is 9.90. The molecule has 0 bridgehead atoms. The van der Waals surface area contributed by atoms with E-state index in [0.717, 1.165) is 42.5 Å². The van der Waals surface area contributed by atoms with Gasteiger partial charge < -0.3 is 21.6 Å². The fourth-order valence-corrected chi connectivity index (χ4v) is 4.82. The van der Waals surface area contributed by atoms with Gasteiger partial charge in [-0.05, 0) is 30.2 Å². The Morgan fingerprint density at radius 1 is 1.06 bits per heavy atom. The third kappa shape index (κ3) is 3.62. The van der Waals surface area contributed by atoms with Crippen LogP contribution in [-0.2, 0) is 0 Å². The number of hydrogen-bond donors (Lipinski definition) is 3. The number of allylic oxidation sites excluding steroid dienone is 2. The van der Waals surface area contributed by atoms with Crippen molar-refractivity contribution in [2.24, 2.45) is 5.73 Å². The number of carbonyl (C=O) groups is 2. The van der Waals surface area contributed by atoms with E-state index >= 15 is 0 Å². The minimum absolute atomic E-state index is 0.00783. The van der Waals surface area contributed by atoms with Crippen LogP contribution in [0.15, 0.2) is 66.1 Å². The zero-order chi connectivity index (χ0) is 24.0. The molecular formula is C26H27N5O3. The van der Waals surface area contributed by atoms with Crippen molar-refractivity contribution in [1.82, 2.24) is 14.5 Å². The standard InChI is InChI=1S/C26H27N5O3/c1-29(24-23(27)25(33)18-4-2-3-5-19(18)26(24)34)12-13-30-10-8-16(9-11-30)21-15-31(28)22-7-6-17(32)14-20(21)22/h2-8,14-15,32H,9-13,27-28H2,1H3. The van der Waals surface area contributed by atoms with Crippen molar-refractivity contribution >= 4 is 28.0 Å². The number of Topliss-reactive ketones (excluding diaryl/α,β-unsaturated/α-hetero) is 2. The van der Waals surface area contributed by atoms with E-state index in [-0.39, 0.29) is 28.7 Å². The second kappa shape index (κ2) is 8.39. The molecule has 34 heavy (non-hydrogen) atoms. The third-order valence-corrected chi connectivity index (χ3v) is 6.72. The first-order valence-electron chi connectivity index (χ1n) is 11.3. The van der Waals surface area contributed by atoms with Gasteiger partial charge in [0.25, 0.3) is 0 Å². The number of nitrogens with two attached hydrogens (primary N) is 2. The zero-order valence-electron chi connectivity index (χ0n) is 19.0. The second-order valence-electron chi connectivity index (χ2n) is 8.82. The topological polar surface area (TPSA) is 118 Å². The number of ketones is 2. The number of rotatable bonds is 5. The number of nitrogens with zero attached hydrogens (tertiary/aromatic N) is 3. The lowest BCUT2D eigenvalue weighted by Gasteiger charge is -2.31. The molecular weight excluding hydrogens is 430 g/mol. The number of carbonyl (C=O) groups excluding carboxylic acids is 2. The van der Waals surface area contributed by atoms with Gasteiger partial charge in [0.2, 0.25) is 11.6 Å². The van der Waals surface area contributed by atoms with Crippen LogP contribution < -0.4 is 11.6 Å². The number of benzene rings is 2. The Kier molecular flexibility index (Phi) is 5.37. The summed E-state index contributed by atoms with van der Waals surface area (Å²) < 4.78 is 1.59. The summed E-state index contributed by atoms with van der Waals surface area (Å²) in [7, 11) is 1.80. The zero-order valence-corrected chi connectivity index (χ0v) is 19.0. The highest BCUT2D eigenvalue weighted by Gasteiger charge is 2.32. The van der Waals surface area contributed by atoms with E-state index in [1.807, 2.05) is 12.3 Å². The number of fused-ring (bicyclic) bond motifs is 2. The molecule has 1 aliphatic carbocycles. The molecule has 5 N–H and O–H groups in total. The molecule has 0 fully saturated rings. The lowest BCUT2D eigenvalue weighted by Crippen LogP contribution is -2.40. The molecule has 3 aromatic rings. The fraction of sp³-hybridized carbons (Fsp3) is 0.231. The van der Waals surface area contributed by atoms with Gasteiger partial charge in [0.15, 0.2) is 0 Å². The van der Waals surface area contributed by atoms with Crippen molar-refractivity contribution in [3.8, 4) is 5.75 Å². The van der Waals surface area contributed by atoms with Crippen molar-refractivity contribution < 1.29 is 14.7 Å². The third-order valence-electron chi connectivity index (χ3n) is 6.72. The molecule has 0 unspecified atom stereocenters. The maximum Gasteiger partial charge on any atom is 0.212 e. The maximum absolute atomic E-state index is 13.0. The van der Waals surface area contributed by atoms with Crippen molar-refractivity contribution in [1.29, 1.82) is 0 Å². The Morgan fingerprint density at radius 3 is 2.50 bits per heavy atom. The van der Waals surface area contributed by atoms with Gasteiger partial charge in [-0.2, -0.15) is 0 Å². The second-order valence-corrected chi connectivity index (χ2v) is 8.82. The van der Waals surface area contributed by atoms with Gasteiger partial charge in [-0.25, -0.2) is 0 Å². The van der Waals surface area contributed by atoms with Gasteiger partial charge in [-0.1, -0.05) is 30.3 Å². The predicted octanol–water partition coefficient (Wildman–Crippen LogP) is 2.33. The quantitative estimate of drug-likeness (QED) is 0.503. The van der Waals surface area contributed by atoms with Crippen LogP contribution in [0.1, 0.15) is 32.7 Å². The van der Waals surface area contributed by atoms with Gasteiger partial charge >= 0.3 is 0 Å². The summed E-state index contributed by atoms with van der Waals surface area (Å²) in [6.07, 6.45) is 4.92. The molecule has 0 saturated carbocycles. The van der Waals surface area contributed by atoms with Gasteiger partial charge in [0.1, 0.15) is 17.1 Å². The highest BCUT2D eigenvalue weighted by Crippen LogP contribution is 2.32. The van der Waals surface area contributed by atoms with Crippen LogP contribution in [0.25, 0.3) is 16.5 Å². The van der Waals surface area contributed by atoms with Crippen LogP contribution in [-0.4, -0.2) is 64.4 Å². The number of nitrogen functional groups attached to an aromatic ring is 1. The van der Waals surface area contributed by atoms with E-state index in [1.54, 1.807) is 53.0 Å². The monoisotopic (exact) mass is 457 g/mol. The summed E-state index contributed by atoms with van der Waals surface area (Å²) in [6, 6.07) is 12.0. The maximum atomic E-state index is 13.0. The normalized spacial score (nSPS) is 16.7. The minimum atomic E-state index is -0.298. The van der Waals surface area contributed by atoms with Crippen LogP contribution in [0, 0.1) is 0 Å². The van der Waals surface area contributed by atoms with Crippen LogP contribution in [0.5, 0.6) is 5.75 Å². The number of hydrogen-bond acceptors (Lipinski definition) is 7. The molecule has 0 radical (unpaired) electrons. The number of likely N-dealkylation sites (N-methyl/N-ethyl adjacent to an activating group) is 1. The number of aromatic hydroxyl groups is 1. The van der Waals surface area contributed by atoms with Gasteiger partial charge in [0, 0.05) is 61.5 Å². The fourth-order valence-electron chi connectivity index (χ4n) is 4.82. The predicted molar refractivity (Wildman–Crippen MR) is 132 cm³/mol. The summed E-state index contributed by atoms with van der Waals surface area (Å²) in [5.41, 5.74) is 10.2. The van der Waals surface area contributed by atoms with Crippen molar-refractivity contribution in [3.63, 3.8) is 0 Å². The molecule has 0 spiro atoms. The Bertz CT molecular complexity index is 1380. The van der Waals surface area contributed by atoms with E-state index in [1.165, 1.54) is 5.57 Å². The highest BCUT2D eigenvalue weighted by molar-refractivity contribution is 6.26.